The molecule has 0 bridgehead atoms. The van der Waals surface area contributed by atoms with Crippen LogP contribution in [0.3, 0.4) is 0 Å². The highest BCUT2D eigenvalue weighted by Crippen LogP contribution is 2.13. The zero-order chi connectivity index (χ0) is 15.0. The molecule has 0 aliphatic rings. The fraction of sp³-hybridized carbons (Fsp3) is 0.176. The van der Waals surface area contributed by atoms with Gasteiger partial charge in [-0.3, -0.25) is 10.2 Å². The summed E-state index contributed by atoms with van der Waals surface area (Å²) in [7, 11) is 1.84. The molecule has 0 saturated heterocycles. The van der Waals surface area contributed by atoms with Crippen LogP contribution in [0.15, 0.2) is 48.5 Å². The second kappa shape index (κ2) is 6.32. The van der Waals surface area contributed by atoms with Gasteiger partial charge in [0, 0.05) is 12.6 Å². The number of imidazole rings is 1. The Morgan fingerprint density at radius 2 is 1.64 bits per heavy atom. The summed E-state index contributed by atoms with van der Waals surface area (Å²) in [5.74, 6) is 0.0184. The predicted molar refractivity (Wildman–Crippen MR) is 92.6 cm³/mol. The van der Waals surface area contributed by atoms with Crippen molar-refractivity contribution in [3.8, 4) is 0 Å². The lowest BCUT2D eigenvalue weighted by Gasteiger charge is -2.04. The minimum atomic E-state index is 0. The molecular formula is C17H18BrN3O. The number of fused-ring (bicyclic) bond motifs is 1. The molecule has 4 nitrogen and oxygen atoms in total. The number of nitrogens with one attached hydrogen (secondary N) is 1. The van der Waals surface area contributed by atoms with Crippen molar-refractivity contribution in [3.63, 3.8) is 0 Å². The normalized spacial score (nSPS) is 10.5. The van der Waals surface area contributed by atoms with Crippen molar-refractivity contribution in [1.29, 1.82) is 5.41 Å². The van der Waals surface area contributed by atoms with E-state index in [1.165, 1.54) is 0 Å². The van der Waals surface area contributed by atoms with Crippen LogP contribution in [-0.4, -0.2) is 14.9 Å². The number of nitrogens with zero attached hydrogens (tertiary/aromatic N) is 2. The molecule has 0 amide bonds. The van der Waals surface area contributed by atoms with E-state index >= 15 is 0 Å². The van der Waals surface area contributed by atoms with Gasteiger partial charge in [-0.15, -0.1) is 17.0 Å². The molecule has 0 atom stereocenters. The largest absolute Gasteiger partial charge is 0.313 e. The van der Waals surface area contributed by atoms with E-state index in [2.05, 4.69) is 0 Å². The van der Waals surface area contributed by atoms with E-state index in [0.29, 0.717) is 11.2 Å². The molecule has 2 aromatic carbocycles. The molecule has 0 aliphatic heterocycles. The Kier molecular flexibility index (Phi) is 4.66. The van der Waals surface area contributed by atoms with Crippen molar-refractivity contribution in [2.75, 3.05) is 0 Å². The zero-order valence-corrected chi connectivity index (χ0v) is 14.2. The number of benzene rings is 2. The van der Waals surface area contributed by atoms with Crippen LogP contribution in [-0.2, 0) is 13.6 Å². The van der Waals surface area contributed by atoms with Gasteiger partial charge in [-0.1, -0.05) is 42.0 Å². The van der Waals surface area contributed by atoms with Gasteiger partial charge in [-0.2, -0.15) is 0 Å². The van der Waals surface area contributed by atoms with Crippen LogP contribution in [0.25, 0.3) is 11.0 Å². The summed E-state index contributed by atoms with van der Waals surface area (Å²) in [5.41, 5.74) is 4.01. The Labute approximate surface area is 139 Å². The Balaban J connectivity index is 0.00000176. The number of hydrogen-bond donors (Lipinski definition) is 1. The van der Waals surface area contributed by atoms with Crippen LogP contribution in [0, 0.1) is 12.3 Å². The number of hydrogen-bond acceptors (Lipinski definition) is 2. The Hall–Kier alpha value is -2.14. The Morgan fingerprint density at radius 1 is 1.05 bits per heavy atom. The standard InChI is InChI=1S/C17H17N3O.BrH/c1-12-7-9-13(10-8-12)16(21)11-20-15-6-4-3-5-14(15)19(2)17(20)18;/h3-10,18H,11H2,1-2H3;1H. The van der Waals surface area contributed by atoms with Crippen LogP contribution in [0.2, 0.25) is 0 Å². The number of aromatic nitrogens is 2. The fourth-order valence-electron chi connectivity index (χ4n) is 2.52. The van der Waals surface area contributed by atoms with Crippen LogP contribution >= 0.6 is 17.0 Å². The molecule has 0 fully saturated rings. The van der Waals surface area contributed by atoms with Crippen molar-refractivity contribution >= 4 is 33.8 Å². The molecule has 1 N–H and O–H groups in total. The van der Waals surface area contributed by atoms with E-state index in [-0.39, 0.29) is 29.3 Å². The fourth-order valence-corrected chi connectivity index (χ4v) is 2.52. The number of halogens is 1. The monoisotopic (exact) mass is 359 g/mol. The van der Waals surface area contributed by atoms with Gasteiger partial charge >= 0.3 is 0 Å². The van der Waals surface area contributed by atoms with Crippen molar-refractivity contribution in [3.05, 3.63) is 65.3 Å². The Morgan fingerprint density at radius 3 is 2.27 bits per heavy atom. The van der Waals surface area contributed by atoms with E-state index in [4.69, 9.17) is 5.41 Å². The SMILES string of the molecule is Br.Cc1ccc(C(=O)Cn2c(=N)n(C)c3ccccc32)cc1. The average molecular weight is 360 g/mol. The van der Waals surface area contributed by atoms with E-state index in [1.807, 2.05) is 62.5 Å². The second-order valence-electron chi connectivity index (χ2n) is 5.25. The lowest BCUT2D eigenvalue weighted by atomic mass is 10.1. The molecule has 0 saturated carbocycles. The van der Waals surface area contributed by atoms with Gasteiger partial charge in [0.2, 0.25) is 5.62 Å². The van der Waals surface area contributed by atoms with Gasteiger partial charge < -0.3 is 9.13 Å². The summed E-state index contributed by atoms with van der Waals surface area (Å²) in [6, 6.07) is 15.3. The predicted octanol–water partition coefficient (Wildman–Crippen LogP) is 3.23. The highest BCUT2D eigenvalue weighted by Gasteiger charge is 2.12. The topological polar surface area (TPSA) is 50.8 Å². The van der Waals surface area contributed by atoms with E-state index in [0.717, 1.165) is 16.6 Å². The van der Waals surface area contributed by atoms with Crippen LogP contribution in [0.1, 0.15) is 15.9 Å². The van der Waals surface area contributed by atoms with Gasteiger partial charge in [0.05, 0.1) is 17.6 Å². The summed E-state index contributed by atoms with van der Waals surface area (Å²) in [5, 5.41) is 8.19. The number of aryl methyl sites for hydroxylation is 2. The number of carbonyl (C=O) groups excluding carboxylic acids is 1. The molecule has 114 valence electrons. The van der Waals surface area contributed by atoms with Crippen molar-refractivity contribution in [2.45, 2.75) is 13.5 Å². The number of para-hydroxylation sites is 2. The maximum absolute atomic E-state index is 12.4. The molecule has 3 rings (SSSR count). The summed E-state index contributed by atoms with van der Waals surface area (Å²) >= 11 is 0. The smallest absolute Gasteiger partial charge is 0.203 e. The van der Waals surface area contributed by atoms with Crippen molar-refractivity contribution in [2.24, 2.45) is 7.05 Å². The summed E-state index contributed by atoms with van der Waals surface area (Å²) in [4.78, 5) is 12.4. The van der Waals surface area contributed by atoms with Gasteiger partial charge in [0.1, 0.15) is 0 Å². The molecule has 22 heavy (non-hydrogen) atoms. The molecule has 3 aromatic rings. The first kappa shape index (κ1) is 16.2. The van der Waals surface area contributed by atoms with Crippen molar-refractivity contribution in [1.82, 2.24) is 9.13 Å². The number of carbonyl (C=O) groups is 1. The average Bonchev–Trinajstić information content (AvgIpc) is 2.73. The zero-order valence-electron chi connectivity index (χ0n) is 12.5. The van der Waals surface area contributed by atoms with Crippen LogP contribution in [0.5, 0.6) is 0 Å². The summed E-state index contributed by atoms with van der Waals surface area (Å²) in [6.07, 6.45) is 0. The molecule has 1 aromatic heterocycles. The first-order valence-electron chi connectivity index (χ1n) is 6.86. The molecule has 5 heteroatoms. The highest BCUT2D eigenvalue weighted by atomic mass is 79.9. The van der Waals surface area contributed by atoms with E-state index < -0.39 is 0 Å². The molecule has 0 aliphatic carbocycles. The molecule has 0 spiro atoms. The Bertz CT molecular complexity index is 875. The number of ketones is 1. The first-order valence-corrected chi connectivity index (χ1v) is 6.86. The highest BCUT2D eigenvalue weighted by molar-refractivity contribution is 8.93. The minimum Gasteiger partial charge on any atom is -0.313 e. The van der Waals surface area contributed by atoms with Crippen molar-refractivity contribution < 1.29 is 4.79 Å². The third kappa shape index (κ3) is 2.76. The molecular weight excluding hydrogens is 342 g/mol. The summed E-state index contributed by atoms with van der Waals surface area (Å²) < 4.78 is 3.54. The third-order valence-corrected chi connectivity index (χ3v) is 3.78. The lowest BCUT2D eigenvalue weighted by molar-refractivity contribution is 0.0971. The van der Waals surface area contributed by atoms with Gasteiger partial charge in [-0.25, -0.2) is 0 Å². The van der Waals surface area contributed by atoms with E-state index in [9.17, 15) is 4.79 Å². The maximum Gasteiger partial charge on any atom is 0.203 e. The minimum absolute atomic E-state index is 0. The van der Waals surface area contributed by atoms with Gasteiger partial charge in [-0.05, 0) is 19.1 Å². The quantitative estimate of drug-likeness (QED) is 0.717. The van der Waals surface area contributed by atoms with E-state index in [1.54, 1.807) is 9.13 Å². The molecule has 1 heterocycles. The van der Waals surface area contributed by atoms with Gasteiger partial charge in [0.15, 0.2) is 5.78 Å². The first-order chi connectivity index (χ1) is 10.1. The van der Waals surface area contributed by atoms with Gasteiger partial charge in [0.25, 0.3) is 0 Å². The number of rotatable bonds is 3. The van der Waals surface area contributed by atoms with Crippen LogP contribution in [0.4, 0.5) is 0 Å². The number of Topliss-reactive ketones (excluding diaryl/α,β-unsaturated/α-hetero) is 1. The lowest BCUT2D eigenvalue weighted by Crippen LogP contribution is -2.25. The maximum atomic E-state index is 12.4. The third-order valence-electron chi connectivity index (χ3n) is 3.78. The molecule has 0 unspecified atom stereocenters. The summed E-state index contributed by atoms with van der Waals surface area (Å²) in [6.45, 7) is 2.18. The van der Waals surface area contributed by atoms with Crippen LogP contribution < -0.4 is 5.62 Å². The molecule has 0 radical (unpaired) electrons. The second-order valence-corrected chi connectivity index (χ2v) is 5.25.